The number of aryl methyl sites for hydroxylation is 1. The Morgan fingerprint density at radius 3 is 2.39 bits per heavy atom. The molecule has 0 aliphatic heterocycles. The van der Waals surface area contributed by atoms with E-state index in [4.69, 9.17) is 0 Å². The zero-order chi connectivity index (χ0) is 23.2. The Morgan fingerprint density at radius 2 is 1.84 bits per heavy atom. The fraction of sp³-hybridized carbons (Fsp3) is 0.600. The van der Waals surface area contributed by atoms with Crippen molar-refractivity contribution in [2.75, 3.05) is 6.61 Å². The number of hydrogen-bond donors (Lipinski definition) is 2. The lowest BCUT2D eigenvalue weighted by Crippen LogP contribution is -2.50. The maximum absolute atomic E-state index is 13.6. The minimum atomic E-state index is -1.06. The largest absolute Gasteiger partial charge is 0.507 e. The topological polar surface area (TPSA) is 109 Å². The SMILES string of the molecule is CC(=O)CC(=O)C1C(=O)C2C(=O)c3c(O)c(C(C)(C)C)cc(C)c3CC2CC1CCO. The first kappa shape index (κ1) is 23.3. The maximum atomic E-state index is 13.6. The fourth-order valence-electron chi connectivity index (χ4n) is 5.46. The van der Waals surface area contributed by atoms with Crippen LogP contribution >= 0.6 is 0 Å². The van der Waals surface area contributed by atoms with Crippen molar-refractivity contribution in [1.82, 2.24) is 0 Å². The summed E-state index contributed by atoms with van der Waals surface area (Å²) in [5.41, 5.74) is 2.15. The molecular weight excluding hydrogens is 396 g/mol. The van der Waals surface area contributed by atoms with Crippen molar-refractivity contribution in [3.8, 4) is 5.75 Å². The van der Waals surface area contributed by atoms with E-state index < -0.39 is 29.2 Å². The van der Waals surface area contributed by atoms with E-state index in [0.29, 0.717) is 18.4 Å². The fourth-order valence-corrected chi connectivity index (χ4v) is 5.46. The van der Waals surface area contributed by atoms with Crippen LogP contribution in [0.25, 0.3) is 0 Å². The van der Waals surface area contributed by atoms with E-state index in [0.717, 1.165) is 11.1 Å². The lowest BCUT2D eigenvalue weighted by atomic mass is 9.58. The van der Waals surface area contributed by atoms with Crippen molar-refractivity contribution in [2.24, 2.45) is 23.7 Å². The second-order valence-corrected chi connectivity index (χ2v) is 10.2. The summed E-state index contributed by atoms with van der Waals surface area (Å²) in [6.07, 6.45) is 0.852. The van der Waals surface area contributed by atoms with Crippen molar-refractivity contribution in [3.05, 3.63) is 28.3 Å². The summed E-state index contributed by atoms with van der Waals surface area (Å²) in [4.78, 5) is 51.3. The molecule has 1 aromatic rings. The summed E-state index contributed by atoms with van der Waals surface area (Å²) in [5.74, 6) is -4.48. The number of benzene rings is 1. The monoisotopic (exact) mass is 428 g/mol. The highest BCUT2D eigenvalue weighted by molar-refractivity contribution is 6.20. The van der Waals surface area contributed by atoms with Gasteiger partial charge < -0.3 is 10.2 Å². The van der Waals surface area contributed by atoms with Gasteiger partial charge in [-0.2, -0.15) is 0 Å². The minimum absolute atomic E-state index is 0.0755. The molecule has 1 fully saturated rings. The van der Waals surface area contributed by atoms with Crippen LogP contribution in [0, 0.1) is 30.6 Å². The van der Waals surface area contributed by atoms with Crippen LogP contribution in [0.2, 0.25) is 0 Å². The van der Waals surface area contributed by atoms with Gasteiger partial charge in [0.2, 0.25) is 0 Å². The molecule has 2 aliphatic rings. The molecule has 168 valence electrons. The third-order valence-corrected chi connectivity index (χ3v) is 6.87. The number of aromatic hydroxyl groups is 1. The van der Waals surface area contributed by atoms with Crippen LogP contribution in [0.3, 0.4) is 0 Å². The Bertz CT molecular complexity index is 952. The van der Waals surface area contributed by atoms with E-state index in [2.05, 4.69) is 0 Å². The number of fused-ring (bicyclic) bond motifs is 2. The van der Waals surface area contributed by atoms with Crippen molar-refractivity contribution in [1.29, 1.82) is 0 Å². The van der Waals surface area contributed by atoms with E-state index in [1.165, 1.54) is 6.92 Å². The minimum Gasteiger partial charge on any atom is -0.507 e. The number of Topliss-reactive ketones (excluding diaryl/α,β-unsaturated/α-hetero) is 4. The quantitative estimate of drug-likeness (QED) is 0.698. The number of carbonyl (C=O) groups excluding carboxylic acids is 4. The average Bonchev–Trinajstić information content (AvgIpc) is 2.62. The molecule has 31 heavy (non-hydrogen) atoms. The van der Waals surface area contributed by atoms with Crippen LogP contribution < -0.4 is 0 Å². The van der Waals surface area contributed by atoms with E-state index >= 15 is 0 Å². The Labute approximate surface area is 183 Å². The normalized spacial score (nSPS) is 25.7. The molecule has 0 aromatic heterocycles. The Hall–Kier alpha value is -2.34. The van der Waals surface area contributed by atoms with E-state index in [9.17, 15) is 29.4 Å². The van der Waals surface area contributed by atoms with Gasteiger partial charge in [-0.1, -0.05) is 26.8 Å². The van der Waals surface area contributed by atoms with Crippen molar-refractivity contribution < 1.29 is 29.4 Å². The molecule has 0 amide bonds. The van der Waals surface area contributed by atoms with Gasteiger partial charge in [0.1, 0.15) is 11.5 Å². The molecule has 6 nitrogen and oxygen atoms in total. The summed E-state index contributed by atoms with van der Waals surface area (Å²) in [6.45, 7) is 8.89. The van der Waals surface area contributed by atoms with Crippen molar-refractivity contribution >= 4 is 23.1 Å². The van der Waals surface area contributed by atoms with Gasteiger partial charge in [0.05, 0.1) is 23.8 Å². The number of aliphatic hydroxyl groups excluding tert-OH is 1. The maximum Gasteiger partial charge on any atom is 0.177 e. The average molecular weight is 429 g/mol. The van der Waals surface area contributed by atoms with Crippen LogP contribution in [-0.2, 0) is 26.2 Å². The molecule has 4 unspecified atom stereocenters. The molecule has 1 saturated carbocycles. The molecule has 0 radical (unpaired) electrons. The second kappa shape index (κ2) is 8.30. The summed E-state index contributed by atoms with van der Waals surface area (Å²) in [6, 6.07) is 1.91. The predicted molar refractivity (Wildman–Crippen MR) is 115 cm³/mol. The number of phenols is 1. The summed E-state index contributed by atoms with van der Waals surface area (Å²) < 4.78 is 0. The molecule has 0 heterocycles. The first-order valence-electron chi connectivity index (χ1n) is 10.9. The van der Waals surface area contributed by atoms with Crippen molar-refractivity contribution in [3.63, 3.8) is 0 Å². The molecule has 4 atom stereocenters. The summed E-state index contributed by atoms with van der Waals surface area (Å²) in [7, 11) is 0. The highest BCUT2D eigenvalue weighted by Gasteiger charge is 2.52. The third kappa shape index (κ3) is 4.10. The zero-order valence-corrected chi connectivity index (χ0v) is 18.9. The van der Waals surface area contributed by atoms with Gasteiger partial charge in [-0.3, -0.25) is 19.2 Å². The van der Waals surface area contributed by atoms with Gasteiger partial charge in [0, 0.05) is 12.2 Å². The van der Waals surface area contributed by atoms with E-state index in [-0.39, 0.29) is 53.8 Å². The highest BCUT2D eigenvalue weighted by atomic mass is 16.3. The van der Waals surface area contributed by atoms with Crippen LogP contribution in [0.4, 0.5) is 0 Å². The van der Waals surface area contributed by atoms with Crippen LogP contribution in [0.5, 0.6) is 5.75 Å². The van der Waals surface area contributed by atoms with Crippen LogP contribution in [0.1, 0.15) is 74.0 Å². The van der Waals surface area contributed by atoms with Gasteiger partial charge in [0.15, 0.2) is 17.3 Å². The van der Waals surface area contributed by atoms with Gasteiger partial charge in [-0.05, 0) is 61.5 Å². The first-order chi connectivity index (χ1) is 14.4. The lowest BCUT2D eigenvalue weighted by molar-refractivity contribution is -0.142. The molecule has 6 heteroatoms. The Balaban J connectivity index is 2.09. The molecule has 0 bridgehead atoms. The molecule has 3 rings (SSSR count). The van der Waals surface area contributed by atoms with Gasteiger partial charge in [0.25, 0.3) is 0 Å². The summed E-state index contributed by atoms with van der Waals surface area (Å²) >= 11 is 0. The molecule has 0 saturated heterocycles. The summed E-state index contributed by atoms with van der Waals surface area (Å²) in [5, 5.41) is 20.5. The number of carbonyl (C=O) groups is 4. The Kier molecular flexibility index (Phi) is 6.25. The third-order valence-electron chi connectivity index (χ3n) is 6.87. The second-order valence-electron chi connectivity index (χ2n) is 10.2. The van der Waals surface area contributed by atoms with Crippen LogP contribution in [0.15, 0.2) is 6.07 Å². The van der Waals surface area contributed by atoms with Crippen LogP contribution in [-0.4, -0.2) is 40.0 Å². The van der Waals surface area contributed by atoms with E-state index in [1.54, 1.807) is 0 Å². The van der Waals surface area contributed by atoms with Gasteiger partial charge in [-0.25, -0.2) is 0 Å². The number of aliphatic hydroxyl groups is 1. The number of rotatable bonds is 5. The smallest absolute Gasteiger partial charge is 0.177 e. The number of hydrogen-bond acceptors (Lipinski definition) is 6. The highest BCUT2D eigenvalue weighted by Crippen LogP contribution is 2.48. The molecule has 2 N–H and O–H groups in total. The van der Waals surface area contributed by atoms with Gasteiger partial charge >= 0.3 is 0 Å². The van der Waals surface area contributed by atoms with E-state index in [1.807, 2.05) is 33.8 Å². The standard InChI is InChI=1S/C25H32O6/c1-12-8-17(25(3,4)5)22(29)21-16(12)11-15-10-14(6-7-26)19(18(28)9-13(2)27)23(30)20(15)24(21)31/h8,14-15,19-20,26,29H,6-7,9-11H2,1-5H3. The number of phenolic OH excluding ortho intramolecular Hbond substituents is 1. The zero-order valence-electron chi connectivity index (χ0n) is 18.9. The first-order valence-corrected chi connectivity index (χ1v) is 10.9. The molecule has 0 spiro atoms. The molecular formula is C25H32O6. The lowest BCUT2D eigenvalue weighted by Gasteiger charge is -2.42. The molecule has 2 aliphatic carbocycles. The predicted octanol–water partition coefficient (Wildman–Crippen LogP) is 3.11. The number of ketones is 4. The Morgan fingerprint density at radius 1 is 1.19 bits per heavy atom. The molecule has 1 aromatic carbocycles. The van der Waals surface area contributed by atoms with Gasteiger partial charge in [-0.15, -0.1) is 0 Å². The van der Waals surface area contributed by atoms with Crippen molar-refractivity contribution in [2.45, 2.75) is 65.7 Å².